The standard InChI is InChI=1S/C19H19NO5/c1-3-4-14-19-10-9-13(25-19)15(18(22)23)16(19)17(21)20(14)11-5-7-12(24-2)8-6-11/h3,5-10,13-16H,1,4H2,2H3,(H,22,23)/p-1/t13-,14+,15+,16-,19-/m1/s1. The van der Waals surface area contributed by atoms with Gasteiger partial charge in [0.15, 0.2) is 0 Å². The van der Waals surface area contributed by atoms with Gasteiger partial charge in [0.05, 0.1) is 25.2 Å². The average Bonchev–Trinajstić information content (AvgIpc) is 3.24. The predicted molar refractivity (Wildman–Crippen MR) is 87.8 cm³/mol. The number of amides is 1. The minimum absolute atomic E-state index is 0.252. The van der Waals surface area contributed by atoms with E-state index >= 15 is 0 Å². The molecule has 0 aromatic heterocycles. The number of hydrogen-bond donors (Lipinski definition) is 0. The number of anilines is 1. The molecule has 1 aromatic carbocycles. The van der Waals surface area contributed by atoms with Crippen molar-refractivity contribution in [2.45, 2.75) is 24.2 Å². The van der Waals surface area contributed by atoms with E-state index in [1.807, 2.05) is 6.08 Å². The van der Waals surface area contributed by atoms with E-state index in [1.54, 1.807) is 48.4 Å². The first-order chi connectivity index (χ1) is 12.0. The van der Waals surface area contributed by atoms with Crippen molar-refractivity contribution in [3.63, 3.8) is 0 Å². The number of carboxylic acids is 1. The molecular formula is C19H18NO5-. The largest absolute Gasteiger partial charge is 0.550 e. The normalized spacial score (nSPS) is 35.1. The van der Waals surface area contributed by atoms with Crippen LogP contribution in [-0.2, 0) is 14.3 Å². The molecule has 6 heteroatoms. The van der Waals surface area contributed by atoms with Crippen LogP contribution >= 0.6 is 0 Å². The molecule has 5 atom stereocenters. The zero-order valence-electron chi connectivity index (χ0n) is 13.8. The van der Waals surface area contributed by atoms with Crippen molar-refractivity contribution in [3.8, 4) is 5.75 Å². The Kier molecular flexibility index (Phi) is 3.47. The van der Waals surface area contributed by atoms with E-state index < -0.39 is 29.5 Å². The highest BCUT2D eigenvalue weighted by Gasteiger charge is 2.69. The van der Waals surface area contributed by atoms with Crippen molar-refractivity contribution in [2.75, 3.05) is 12.0 Å². The van der Waals surface area contributed by atoms with Gasteiger partial charge in [-0.1, -0.05) is 18.2 Å². The van der Waals surface area contributed by atoms with Crippen molar-refractivity contribution in [1.29, 1.82) is 0 Å². The number of ether oxygens (including phenoxy) is 2. The lowest BCUT2D eigenvalue weighted by atomic mass is 9.74. The SMILES string of the molecule is C=CC[C@@H]1N(c2ccc(OC)cc2)C(=O)[C@H]2[C@@H](C(=O)[O-])[C@H]3C=C[C@@]12O3. The smallest absolute Gasteiger partial charge is 0.234 e. The molecule has 130 valence electrons. The summed E-state index contributed by atoms with van der Waals surface area (Å²) >= 11 is 0. The first kappa shape index (κ1) is 15.9. The van der Waals surface area contributed by atoms with Gasteiger partial charge in [0.2, 0.25) is 5.91 Å². The van der Waals surface area contributed by atoms with Crippen LogP contribution in [0.1, 0.15) is 6.42 Å². The van der Waals surface area contributed by atoms with Gasteiger partial charge in [-0.2, -0.15) is 0 Å². The van der Waals surface area contributed by atoms with E-state index in [-0.39, 0.29) is 11.9 Å². The second kappa shape index (κ2) is 5.46. The molecule has 1 spiro atoms. The van der Waals surface area contributed by atoms with Gasteiger partial charge < -0.3 is 24.3 Å². The zero-order chi connectivity index (χ0) is 17.8. The zero-order valence-corrected chi connectivity index (χ0v) is 13.8. The third kappa shape index (κ3) is 2.00. The predicted octanol–water partition coefficient (Wildman–Crippen LogP) is 0.676. The lowest BCUT2D eigenvalue weighted by molar-refractivity contribution is -0.313. The fourth-order valence-corrected chi connectivity index (χ4v) is 4.42. The molecule has 2 saturated heterocycles. The third-order valence-electron chi connectivity index (χ3n) is 5.43. The summed E-state index contributed by atoms with van der Waals surface area (Å²) in [5.41, 5.74) is -0.264. The van der Waals surface area contributed by atoms with Crippen LogP contribution < -0.4 is 14.7 Å². The van der Waals surface area contributed by atoms with Gasteiger partial charge in [-0.3, -0.25) is 4.79 Å². The summed E-state index contributed by atoms with van der Waals surface area (Å²) in [5, 5.41) is 11.6. The quantitative estimate of drug-likeness (QED) is 0.737. The minimum Gasteiger partial charge on any atom is -0.550 e. The maximum absolute atomic E-state index is 13.2. The topological polar surface area (TPSA) is 78.9 Å². The van der Waals surface area contributed by atoms with Crippen LogP contribution in [0.25, 0.3) is 0 Å². The second-order valence-corrected chi connectivity index (χ2v) is 6.56. The first-order valence-corrected chi connectivity index (χ1v) is 8.19. The Labute approximate surface area is 145 Å². The fourth-order valence-electron chi connectivity index (χ4n) is 4.42. The molecule has 2 fully saturated rings. The highest BCUT2D eigenvalue weighted by Crippen LogP contribution is 2.56. The minimum atomic E-state index is -1.25. The highest BCUT2D eigenvalue weighted by molar-refractivity contribution is 6.03. The summed E-state index contributed by atoms with van der Waals surface area (Å²) in [6.07, 6.45) is 5.19. The van der Waals surface area contributed by atoms with E-state index in [0.717, 1.165) is 0 Å². The van der Waals surface area contributed by atoms with Gasteiger partial charge in [-0.15, -0.1) is 6.58 Å². The fraction of sp³-hybridized carbons (Fsp3) is 0.368. The Morgan fingerprint density at radius 1 is 1.44 bits per heavy atom. The number of carbonyl (C=O) groups excluding carboxylic acids is 2. The average molecular weight is 340 g/mol. The van der Waals surface area contributed by atoms with E-state index in [2.05, 4.69) is 6.58 Å². The van der Waals surface area contributed by atoms with Gasteiger partial charge in [-0.05, 0) is 30.7 Å². The van der Waals surface area contributed by atoms with Crippen molar-refractivity contribution in [1.82, 2.24) is 0 Å². The van der Waals surface area contributed by atoms with Gasteiger partial charge >= 0.3 is 0 Å². The van der Waals surface area contributed by atoms with E-state index in [0.29, 0.717) is 17.9 Å². The Bertz CT molecular complexity index is 771. The van der Waals surface area contributed by atoms with E-state index in [1.165, 1.54) is 0 Å². The summed E-state index contributed by atoms with van der Waals surface area (Å²) in [4.78, 5) is 26.4. The van der Waals surface area contributed by atoms with Crippen molar-refractivity contribution >= 4 is 17.6 Å². The molecule has 0 saturated carbocycles. The molecular weight excluding hydrogens is 322 g/mol. The maximum atomic E-state index is 13.2. The van der Waals surface area contributed by atoms with Gasteiger partial charge in [0.25, 0.3) is 0 Å². The molecule has 2 bridgehead atoms. The van der Waals surface area contributed by atoms with E-state index in [9.17, 15) is 14.7 Å². The molecule has 4 rings (SSSR count). The molecule has 0 N–H and O–H groups in total. The molecule has 0 radical (unpaired) electrons. The number of benzene rings is 1. The molecule has 3 aliphatic rings. The molecule has 1 amide bonds. The molecule has 3 aliphatic heterocycles. The third-order valence-corrected chi connectivity index (χ3v) is 5.43. The summed E-state index contributed by atoms with van der Waals surface area (Å²) in [7, 11) is 1.57. The van der Waals surface area contributed by atoms with Crippen LogP contribution in [0.2, 0.25) is 0 Å². The van der Waals surface area contributed by atoms with Crippen LogP contribution in [-0.4, -0.2) is 36.7 Å². The number of carboxylic acid groups (broad SMARTS) is 1. The van der Waals surface area contributed by atoms with Crippen LogP contribution in [0.5, 0.6) is 5.75 Å². The van der Waals surface area contributed by atoms with Gasteiger partial charge in [0.1, 0.15) is 11.4 Å². The van der Waals surface area contributed by atoms with Crippen LogP contribution in [0.3, 0.4) is 0 Å². The number of hydrogen-bond acceptors (Lipinski definition) is 5. The van der Waals surface area contributed by atoms with E-state index in [4.69, 9.17) is 9.47 Å². The summed E-state index contributed by atoms with van der Waals surface area (Å²) in [6.45, 7) is 3.79. The molecule has 1 aromatic rings. The number of aliphatic carboxylic acids is 1. The van der Waals surface area contributed by atoms with Crippen LogP contribution in [0.4, 0.5) is 5.69 Å². The Balaban J connectivity index is 1.80. The van der Waals surface area contributed by atoms with Crippen molar-refractivity contribution in [3.05, 3.63) is 49.1 Å². The molecule has 3 heterocycles. The number of rotatable bonds is 5. The summed E-state index contributed by atoms with van der Waals surface area (Å²) in [6, 6.07) is 6.76. The number of fused-ring (bicyclic) bond motifs is 1. The Morgan fingerprint density at radius 3 is 2.76 bits per heavy atom. The highest BCUT2D eigenvalue weighted by atomic mass is 16.5. The maximum Gasteiger partial charge on any atom is 0.234 e. The number of carbonyl (C=O) groups is 2. The number of nitrogens with zero attached hydrogens (tertiary/aromatic N) is 1. The van der Waals surface area contributed by atoms with Crippen molar-refractivity contribution in [2.24, 2.45) is 11.8 Å². The van der Waals surface area contributed by atoms with Gasteiger partial charge in [-0.25, -0.2) is 0 Å². The van der Waals surface area contributed by atoms with Crippen molar-refractivity contribution < 1.29 is 24.2 Å². The summed E-state index contributed by atoms with van der Waals surface area (Å²) < 4.78 is 11.2. The summed E-state index contributed by atoms with van der Waals surface area (Å²) in [5.74, 6) is -2.56. The van der Waals surface area contributed by atoms with Crippen LogP contribution in [0, 0.1) is 11.8 Å². The molecule has 25 heavy (non-hydrogen) atoms. The van der Waals surface area contributed by atoms with Crippen LogP contribution in [0.15, 0.2) is 49.1 Å². The molecule has 0 unspecified atom stereocenters. The van der Waals surface area contributed by atoms with Gasteiger partial charge in [0, 0.05) is 17.6 Å². The number of methoxy groups -OCH3 is 1. The lowest BCUT2D eigenvalue weighted by Crippen LogP contribution is -2.46. The first-order valence-electron chi connectivity index (χ1n) is 8.19. The lowest BCUT2D eigenvalue weighted by Gasteiger charge is -2.32. The second-order valence-electron chi connectivity index (χ2n) is 6.56. The Hall–Kier alpha value is -2.60. The molecule has 6 nitrogen and oxygen atoms in total. The Morgan fingerprint density at radius 2 is 2.16 bits per heavy atom. The molecule has 0 aliphatic carbocycles. The monoisotopic (exact) mass is 340 g/mol.